The van der Waals surface area contributed by atoms with Crippen LogP contribution in [0.15, 0.2) is 20.2 Å². The molecule has 0 spiro atoms. The van der Waals surface area contributed by atoms with Crippen molar-refractivity contribution in [1.82, 2.24) is 30.0 Å². The van der Waals surface area contributed by atoms with Gasteiger partial charge in [0.25, 0.3) is 11.4 Å². The van der Waals surface area contributed by atoms with E-state index in [2.05, 4.69) is 25.4 Å². The van der Waals surface area contributed by atoms with E-state index in [1.54, 1.807) is 0 Å². The van der Waals surface area contributed by atoms with Crippen LogP contribution in [0.25, 0.3) is 22.5 Å². The first-order valence-corrected chi connectivity index (χ1v) is 9.19. The lowest BCUT2D eigenvalue weighted by atomic mass is 10.1. The van der Waals surface area contributed by atoms with Crippen molar-refractivity contribution in [2.75, 3.05) is 7.05 Å². The molecule has 27 heavy (non-hydrogen) atoms. The van der Waals surface area contributed by atoms with Crippen molar-refractivity contribution in [2.45, 2.75) is 51.6 Å². The molecule has 0 radical (unpaired) electrons. The molecule has 1 aliphatic rings. The second kappa shape index (κ2) is 6.73. The minimum absolute atomic E-state index is 0.195. The quantitative estimate of drug-likeness (QED) is 0.669. The van der Waals surface area contributed by atoms with E-state index in [0.29, 0.717) is 41.3 Å². The molecule has 1 saturated carbocycles. The van der Waals surface area contributed by atoms with Gasteiger partial charge < -0.3 is 9.84 Å². The van der Waals surface area contributed by atoms with Crippen LogP contribution in [0.1, 0.15) is 44.1 Å². The van der Waals surface area contributed by atoms with Crippen LogP contribution in [0.2, 0.25) is 0 Å². The van der Waals surface area contributed by atoms with E-state index in [4.69, 9.17) is 4.52 Å². The number of hydrogen-bond acceptors (Lipinski definition) is 7. The SMILES string of the molecule is CCn1c(=O)[nH]c(=O)c2c(-c3nc(CC(C)NC)no3)cc(C3CC3)nc21. The zero-order chi connectivity index (χ0) is 19.1. The van der Waals surface area contributed by atoms with Crippen molar-refractivity contribution in [3.05, 3.63) is 38.4 Å². The molecule has 1 aliphatic carbocycles. The van der Waals surface area contributed by atoms with Gasteiger partial charge in [-0.2, -0.15) is 4.98 Å². The molecule has 3 heterocycles. The fourth-order valence-electron chi connectivity index (χ4n) is 3.17. The second-order valence-corrected chi connectivity index (χ2v) is 6.98. The standard InChI is InChI=1S/C18H22N6O3/c1-4-24-15-14(16(25)22-18(24)26)11(8-12(20-15)10-5-6-10)17-21-13(23-27-17)7-9(2)19-3/h8-10,19H,4-7H2,1-3H3,(H,22,25,26). The summed E-state index contributed by atoms with van der Waals surface area (Å²) in [6, 6.07) is 2.04. The lowest BCUT2D eigenvalue weighted by Crippen LogP contribution is -2.31. The number of likely N-dealkylation sites (N-methyl/N-ethyl adjacent to an activating group) is 1. The lowest BCUT2D eigenvalue weighted by Gasteiger charge is -2.10. The molecular formula is C18H22N6O3. The summed E-state index contributed by atoms with van der Waals surface area (Å²) in [5, 5.41) is 7.47. The van der Waals surface area contributed by atoms with Gasteiger partial charge in [0.15, 0.2) is 11.5 Å². The van der Waals surface area contributed by atoms with Crippen molar-refractivity contribution in [1.29, 1.82) is 0 Å². The van der Waals surface area contributed by atoms with E-state index in [9.17, 15) is 9.59 Å². The van der Waals surface area contributed by atoms with E-state index in [1.165, 1.54) is 4.57 Å². The Balaban J connectivity index is 1.94. The third kappa shape index (κ3) is 3.18. The molecule has 4 rings (SSSR count). The first-order chi connectivity index (χ1) is 13.0. The number of aromatic nitrogens is 5. The van der Waals surface area contributed by atoms with E-state index in [-0.39, 0.29) is 11.9 Å². The molecule has 0 aromatic carbocycles. The molecule has 0 amide bonds. The Bertz CT molecular complexity index is 1110. The Morgan fingerprint density at radius 3 is 2.81 bits per heavy atom. The molecule has 0 saturated heterocycles. The molecule has 1 fully saturated rings. The number of hydrogen-bond donors (Lipinski definition) is 2. The fraction of sp³-hybridized carbons (Fsp3) is 0.500. The first-order valence-electron chi connectivity index (χ1n) is 9.19. The van der Waals surface area contributed by atoms with Crippen molar-refractivity contribution in [3.63, 3.8) is 0 Å². The molecule has 0 aliphatic heterocycles. The number of pyridine rings is 1. The zero-order valence-corrected chi connectivity index (χ0v) is 15.6. The van der Waals surface area contributed by atoms with Gasteiger partial charge in [0.2, 0.25) is 0 Å². The highest BCUT2D eigenvalue weighted by Crippen LogP contribution is 2.41. The Labute approximate surface area is 154 Å². The molecule has 1 atom stereocenters. The Hall–Kier alpha value is -2.81. The highest BCUT2D eigenvalue weighted by Gasteiger charge is 2.28. The summed E-state index contributed by atoms with van der Waals surface area (Å²) in [5.41, 5.74) is 0.798. The number of aromatic amines is 1. The normalized spacial score (nSPS) is 15.4. The van der Waals surface area contributed by atoms with Gasteiger partial charge in [-0.05, 0) is 39.8 Å². The van der Waals surface area contributed by atoms with Crippen molar-refractivity contribution in [3.8, 4) is 11.5 Å². The molecule has 9 heteroatoms. The molecule has 3 aromatic rings. The summed E-state index contributed by atoms with van der Waals surface area (Å²) >= 11 is 0. The third-order valence-corrected chi connectivity index (χ3v) is 4.96. The maximum atomic E-state index is 12.6. The number of nitrogens with zero attached hydrogens (tertiary/aromatic N) is 4. The Morgan fingerprint density at radius 1 is 1.37 bits per heavy atom. The van der Waals surface area contributed by atoms with Crippen molar-refractivity contribution in [2.24, 2.45) is 0 Å². The smallest absolute Gasteiger partial charge is 0.329 e. The predicted molar refractivity (Wildman–Crippen MR) is 99.8 cm³/mol. The molecular weight excluding hydrogens is 348 g/mol. The lowest BCUT2D eigenvalue weighted by molar-refractivity contribution is 0.418. The van der Waals surface area contributed by atoms with Crippen LogP contribution in [-0.4, -0.2) is 37.8 Å². The summed E-state index contributed by atoms with van der Waals surface area (Å²) in [6.45, 7) is 4.27. The maximum Gasteiger partial charge on any atom is 0.329 e. The summed E-state index contributed by atoms with van der Waals surface area (Å²) in [7, 11) is 1.87. The van der Waals surface area contributed by atoms with Gasteiger partial charge in [-0.25, -0.2) is 9.78 Å². The van der Waals surface area contributed by atoms with Gasteiger partial charge in [-0.3, -0.25) is 14.3 Å². The number of aryl methyl sites for hydroxylation is 1. The fourth-order valence-corrected chi connectivity index (χ4v) is 3.17. The van der Waals surface area contributed by atoms with Gasteiger partial charge in [0.05, 0.1) is 10.9 Å². The van der Waals surface area contributed by atoms with E-state index in [1.807, 2.05) is 27.0 Å². The monoisotopic (exact) mass is 370 g/mol. The van der Waals surface area contributed by atoms with E-state index < -0.39 is 11.2 Å². The van der Waals surface area contributed by atoms with E-state index >= 15 is 0 Å². The first kappa shape index (κ1) is 17.6. The molecule has 0 bridgehead atoms. The maximum absolute atomic E-state index is 12.6. The second-order valence-electron chi connectivity index (χ2n) is 6.98. The number of rotatable bonds is 6. The van der Waals surface area contributed by atoms with Crippen molar-refractivity contribution >= 4 is 11.0 Å². The third-order valence-electron chi connectivity index (χ3n) is 4.96. The summed E-state index contributed by atoms with van der Waals surface area (Å²) in [5.74, 6) is 1.18. The minimum atomic E-state index is -0.493. The predicted octanol–water partition coefficient (Wildman–Crippen LogP) is 1.18. The van der Waals surface area contributed by atoms with Gasteiger partial charge in [-0.1, -0.05) is 5.16 Å². The average molecular weight is 370 g/mol. The largest absolute Gasteiger partial charge is 0.334 e. The van der Waals surface area contributed by atoms with Gasteiger partial charge in [0, 0.05) is 30.6 Å². The highest BCUT2D eigenvalue weighted by atomic mass is 16.5. The summed E-state index contributed by atoms with van der Waals surface area (Å²) < 4.78 is 6.93. The van der Waals surface area contributed by atoms with Crippen LogP contribution < -0.4 is 16.6 Å². The molecule has 1 unspecified atom stereocenters. The minimum Gasteiger partial charge on any atom is -0.334 e. The zero-order valence-electron chi connectivity index (χ0n) is 15.6. The van der Waals surface area contributed by atoms with Crippen molar-refractivity contribution < 1.29 is 4.52 Å². The number of H-pyrrole nitrogens is 1. The molecule has 9 nitrogen and oxygen atoms in total. The topological polar surface area (TPSA) is 119 Å². The summed E-state index contributed by atoms with van der Waals surface area (Å²) in [6.07, 6.45) is 2.70. The number of fused-ring (bicyclic) bond motifs is 1. The van der Waals surface area contributed by atoms with Crippen LogP contribution in [0, 0.1) is 0 Å². The van der Waals surface area contributed by atoms with Gasteiger partial charge in [0.1, 0.15) is 0 Å². The molecule has 3 aromatic heterocycles. The van der Waals surface area contributed by atoms with Crippen LogP contribution in [0.5, 0.6) is 0 Å². The van der Waals surface area contributed by atoms with Crippen LogP contribution in [-0.2, 0) is 13.0 Å². The van der Waals surface area contributed by atoms with E-state index in [0.717, 1.165) is 18.5 Å². The Kier molecular flexibility index (Phi) is 4.39. The van der Waals surface area contributed by atoms with Crippen LogP contribution in [0.3, 0.4) is 0 Å². The Morgan fingerprint density at radius 2 is 2.15 bits per heavy atom. The number of nitrogens with one attached hydrogen (secondary N) is 2. The summed E-state index contributed by atoms with van der Waals surface area (Å²) in [4.78, 5) is 36.2. The average Bonchev–Trinajstić information content (AvgIpc) is 3.40. The van der Waals surface area contributed by atoms with Crippen LogP contribution in [0.4, 0.5) is 0 Å². The van der Waals surface area contributed by atoms with Gasteiger partial charge >= 0.3 is 5.69 Å². The molecule has 142 valence electrons. The van der Waals surface area contributed by atoms with Crippen LogP contribution >= 0.6 is 0 Å². The highest BCUT2D eigenvalue weighted by molar-refractivity contribution is 5.90. The van der Waals surface area contributed by atoms with Gasteiger partial charge in [-0.15, -0.1) is 0 Å². The molecule has 2 N–H and O–H groups in total.